The fraction of sp³-hybridized carbons (Fsp3) is 0.154. The maximum absolute atomic E-state index is 13.3. The van der Waals surface area contributed by atoms with Gasteiger partial charge in [0.15, 0.2) is 5.17 Å². The smallest absolute Gasteiger partial charge is 0.267 e. The Morgan fingerprint density at radius 3 is 2.35 bits per heavy atom. The van der Waals surface area contributed by atoms with Crippen molar-refractivity contribution < 1.29 is 9.53 Å². The summed E-state index contributed by atoms with van der Waals surface area (Å²) in [6.45, 7) is 3.60. The van der Waals surface area contributed by atoms with Gasteiger partial charge in [-0.05, 0) is 53.6 Å². The minimum Gasteiger partial charge on any atom is -0.494 e. The fourth-order valence-electron chi connectivity index (χ4n) is 3.29. The summed E-state index contributed by atoms with van der Waals surface area (Å²) in [5, 5.41) is 0.727. The molecule has 0 aromatic heterocycles. The van der Waals surface area contributed by atoms with E-state index in [1.165, 1.54) is 11.8 Å². The van der Waals surface area contributed by atoms with Crippen LogP contribution in [0.15, 0.2) is 94.8 Å². The summed E-state index contributed by atoms with van der Waals surface area (Å²) in [7, 11) is 0. The molecule has 3 aromatic carbocycles. The van der Waals surface area contributed by atoms with E-state index in [1.807, 2.05) is 97.9 Å². The number of ether oxygens (including phenoxy) is 1. The van der Waals surface area contributed by atoms with Crippen LogP contribution in [0, 0.1) is 0 Å². The lowest BCUT2D eigenvalue weighted by atomic mass is 10.2. The van der Waals surface area contributed by atoms with Crippen molar-refractivity contribution in [2.75, 3.05) is 6.61 Å². The maximum atomic E-state index is 13.3. The Bertz CT molecular complexity index is 1090. The Hall–Kier alpha value is -3.31. The molecule has 4 nitrogen and oxygen atoms in total. The third kappa shape index (κ3) is 5.44. The molecule has 1 heterocycles. The predicted molar refractivity (Wildman–Crippen MR) is 128 cm³/mol. The van der Waals surface area contributed by atoms with Gasteiger partial charge in [-0.1, -0.05) is 72.8 Å². The number of carbonyl (C=O) groups excluding carboxylic acids is 1. The molecule has 0 unspecified atom stereocenters. The molecule has 1 aliphatic heterocycles. The number of aliphatic imine (C=N–C) groups is 1. The van der Waals surface area contributed by atoms with Crippen LogP contribution in [0.4, 0.5) is 0 Å². The van der Waals surface area contributed by atoms with E-state index >= 15 is 0 Å². The second-order valence-electron chi connectivity index (χ2n) is 7.08. The van der Waals surface area contributed by atoms with E-state index in [0.29, 0.717) is 24.6 Å². The Labute approximate surface area is 187 Å². The van der Waals surface area contributed by atoms with Crippen LogP contribution in [-0.4, -0.2) is 22.6 Å². The Balaban J connectivity index is 1.62. The molecule has 0 spiro atoms. The van der Waals surface area contributed by atoms with Gasteiger partial charge in [-0.25, -0.2) is 0 Å². The number of benzene rings is 3. The topological polar surface area (TPSA) is 41.9 Å². The van der Waals surface area contributed by atoms with Crippen LogP contribution in [0.3, 0.4) is 0 Å². The molecule has 31 heavy (non-hydrogen) atoms. The van der Waals surface area contributed by atoms with Crippen LogP contribution >= 0.6 is 11.8 Å². The van der Waals surface area contributed by atoms with Crippen LogP contribution in [-0.2, 0) is 17.9 Å². The molecule has 4 rings (SSSR count). The molecule has 1 amide bonds. The molecule has 156 valence electrons. The molecule has 0 N–H and O–H groups in total. The zero-order valence-electron chi connectivity index (χ0n) is 17.4. The average molecular weight is 429 g/mol. The summed E-state index contributed by atoms with van der Waals surface area (Å²) in [6.07, 6.45) is 1.92. The highest BCUT2D eigenvalue weighted by Crippen LogP contribution is 2.34. The molecule has 0 radical (unpaired) electrons. The van der Waals surface area contributed by atoms with Crippen molar-refractivity contribution in [3.05, 3.63) is 107 Å². The first kappa shape index (κ1) is 20.9. The summed E-state index contributed by atoms with van der Waals surface area (Å²) < 4.78 is 5.59. The van der Waals surface area contributed by atoms with E-state index in [1.54, 1.807) is 4.90 Å². The Morgan fingerprint density at radius 1 is 0.935 bits per heavy atom. The number of thioether (sulfide) groups is 1. The first-order valence-corrected chi connectivity index (χ1v) is 11.1. The molecule has 3 aromatic rings. The predicted octanol–water partition coefficient (Wildman–Crippen LogP) is 5.76. The van der Waals surface area contributed by atoms with Crippen molar-refractivity contribution in [1.29, 1.82) is 0 Å². The van der Waals surface area contributed by atoms with Crippen molar-refractivity contribution in [1.82, 2.24) is 4.90 Å². The molecule has 0 saturated carbocycles. The van der Waals surface area contributed by atoms with Crippen molar-refractivity contribution in [2.24, 2.45) is 4.99 Å². The fourth-order valence-corrected chi connectivity index (χ4v) is 4.26. The molecule has 1 saturated heterocycles. The average Bonchev–Trinajstić information content (AvgIpc) is 3.09. The quantitative estimate of drug-likeness (QED) is 0.450. The van der Waals surface area contributed by atoms with Crippen LogP contribution in [0.25, 0.3) is 6.08 Å². The third-order valence-electron chi connectivity index (χ3n) is 4.78. The summed E-state index contributed by atoms with van der Waals surface area (Å²) in [6, 6.07) is 27.9. The minimum absolute atomic E-state index is 0.0255. The second kappa shape index (κ2) is 10.1. The summed E-state index contributed by atoms with van der Waals surface area (Å²) in [5.74, 6) is 0.772. The van der Waals surface area contributed by atoms with Gasteiger partial charge < -0.3 is 4.74 Å². The molecular formula is C26H24N2O2S. The van der Waals surface area contributed by atoms with Crippen LogP contribution in [0.2, 0.25) is 0 Å². The lowest BCUT2D eigenvalue weighted by Crippen LogP contribution is -2.28. The van der Waals surface area contributed by atoms with Gasteiger partial charge in [-0.15, -0.1) is 0 Å². The summed E-state index contributed by atoms with van der Waals surface area (Å²) in [4.78, 5) is 20.5. The SMILES string of the molecule is CCOc1cccc(/C=C2\SC(=NCc3ccccc3)N(Cc3ccccc3)C2=O)c1. The van der Waals surface area contributed by atoms with Crippen molar-refractivity contribution >= 4 is 28.9 Å². The van der Waals surface area contributed by atoms with E-state index in [0.717, 1.165) is 27.6 Å². The van der Waals surface area contributed by atoms with E-state index in [-0.39, 0.29) is 5.91 Å². The van der Waals surface area contributed by atoms with E-state index in [9.17, 15) is 4.79 Å². The number of amidine groups is 1. The van der Waals surface area contributed by atoms with Gasteiger partial charge in [0.2, 0.25) is 0 Å². The number of rotatable bonds is 7. The van der Waals surface area contributed by atoms with E-state index in [2.05, 4.69) is 0 Å². The molecule has 1 fully saturated rings. The lowest BCUT2D eigenvalue weighted by molar-refractivity contribution is -0.122. The molecule has 0 bridgehead atoms. The van der Waals surface area contributed by atoms with Crippen LogP contribution in [0.5, 0.6) is 5.75 Å². The first-order valence-electron chi connectivity index (χ1n) is 10.3. The van der Waals surface area contributed by atoms with Crippen molar-refractivity contribution in [2.45, 2.75) is 20.0 Å². The number of hydrogen-bond donors (Lipinski definition) is 0. The van der Waals surface area contributed by atoms with Gasteiger partial charge in [-0.3, -0.25) is 14.7 Å². The number of nitrogens with zero attached hydrogens (tertiary/aromatic N) is 2. The number of carbonyl (C=O) groups is 1. The largest absolute Gasteiger partial charge is 0.494 e. The molecule has 0 atom stereocenters. The highest BCUT2D eigenvalue weighted by molar-refractivity contribution is 8.18. The van der Waals surface area contributed by atoms with Crippen LogP contribution < -0.4 is 4.74 Å². The first-order chi connectivity index (χ1) is 15.2. The number of hydrogen-bond acceptors (Lipinski definition) is 4. The number of amides is 1. The highest BCUT2D eigenvalue weighted by Gasteiger charge is 2.33. The molecule has 1 aliphatic rings. The van der Waals surface area contributed by atoms with Gasteiger partial charge in [0.1, 0.15) is 5.75 Å². The Kier molecular flexibility index (Phi) is 6.85. The van der Waals surface area contributed by atoms with Crippen molar-refractivity contribution in [3.8, 4) is 5.75 Å². The molecule has 0 aliphatic carbocycles. The molecule has 5 heteroatoms. The van der Waals surface area contributed by atoms with Crippen molar-refractivity contribution in [3.63, 3.8) is 0 Å². The van der Waals surface area contributed by atoms with Gasteiger partial charge in [-0.2, -0.15) is 0 Å². The molecular weight excluding hydrogens is 404 g/mol. The second-order valence-corrected chi connectivity index (χ2v) is 8.09. The monoisotopic (exact) mass is 428 g/mol. The highest BCUT2D eigenvalue weighted by atomic mass is 32.2. The standard InChI is InChI=1S/C26H24N2O2S/c1-2-30-23-15-9-14-22(16-23)17-24-25(29)28(19-21-12-7-4-8-13-21)26(31-24)27-18-20-10-5-3-6-11-20/h3-17H,2,18-19H2,1H3/b24-17-,27-26?. The Morgan fingerprint density at radius 2 is 1.65 bits per heavy atom. The zero-order chi connectivity index (χ0) is 21.5. The zero-order valence-corrected chi connectivity index (χ0v) is 18.2. The minimum atomic E-state index is -0.0255. The normalized spacial score (nSPS) is 16.3. The van der Waals surface area contributed by atoms with Gasteiger partial charge in [0, 0.05) is 0 Å². The third-order valence-corrected chi connectivity index (χ3v) is 5.82. The van der Waals surface area contributed by atoms with E-state index < -0.39 is 0 Å². The van der Waals surface area contributed by atoms with Gasteiger partial charge in [0.25, 0.3) is 5.91 Å². The van der Waals surface area contributed by atoms with Gasteiger partial charge in [0.05, 0.1) is 24.6 Å². The summed E-state index contributed by atoms with van der Waals surface area (Å²) >= 11 is 1.43. The van der Waals surface area contributed by atoms with Crippen LogP contribution in [0.1, 0.15) is 23.6 Å². The lowest BCUT2D eigenvalue weighted by Gasteiger charge is -2.15. The summed E-state index contributed by atoms with van der Waals surface area (Å²) in [5.41, 5.74) is 3.12. The maximum Gasteiger partial charge on any atom is 0.267 e. The van der Waals surface area contributed by atoms with Gasteiger partial charge >= 0.3 is 0 Å². The van der Waals surface area contributed by atoms with E-state index in [4.69, 9.17) is 9.73 Å².